The molecular weight excluding hydrogens is 318 g/mol. The Hall–Kier alpha value is -2.24. The molecule has 1 saturated heterocycles. The summed E-state index contributed by atoms with van der Waals surface area (Å²) in [6, 6.07) is 7.77. The van der Waals surface area contributed by atoms with E-state index in [1.54, 1.807) is 4.90 Å². The molecule has 1 aromatic carbocycles. The molecule has 3 rings (SSSR count). The van der Waals surface area contributed by atoms with Crippen LogP contribution in [0.4, 0.5) is 4.79 Å². The van der Waals surface area contributed by atoms with Crippen LogP contribution in [0.3, 0.4) is 0 Å². The first kappa shape index (κ1) is 17.6. The summed E-state index contributed by atoms with van der Waals surface area (Å²) >= 11 is 0. The second kappa shape index (κ2) is 6.94. The van der Waals surface area contributed by atoms with Crippen LogP contribution < -0.4 is 5.69 Å². The summed E-state index contributed by atoms with van der Waals surface area (Å²) in [6.45, 7) is 7.81. The van der Waals surface area contributed by atoms with Gasteiger partial charge < -0.3 is 14.6 Å². The highest BCUT2D eigenvalue weighted by Crippen LogP contribution is 2.23. The number of fused-ring (bicyclic) bond motifs is 1. The summed E-state index contributed by atoms with van der Waals surface area (Å²) in [5, 5.41) is 0. The van der Waals surface area contributed by atoms with Crippen LogP contribution in [0.15, 0.2) is 29.1 Å². The van der Waals surface area contributed by atoms with Gasteiger partial charge in [-0.1, -0.05) is 12.1 Å². The van der Waals surface area contributed by atoms with Gasteiger partial charge in [0.1, 0.15) is 5.60 Å². The Morgan fingerprint density at radius 2 is 1.92 bits per heavy atom. The third-order valence-electron chi connectivity index (χ3n) is 4.71. The monoisotopic (exact) mass is 345 g/mol. The number of likely N-dealkylation sites (tertiary alicyclic amines) is 1. The second-order valence-corrected chi connectivity index (χ2v) is 7.80. The highest BCUT2D eigenvalue weighted by molar-refractivity contribution is 5.74. The Balaban J connectivity index is 1.53. The van der Waals surface area contributed by atoms with E-state index in [0.29, 0.717) is 12.5 Å². The smallest absolute Gasteiger partial charge is 0.410 e. The number of aryl methyl sites for hydroxylation is 1. The van der Waals surface area contributed by atoms with E-state index >= 15 is 0 Å². The minimum atomic E-state index is -0.454. The number of imidazole rings is 1. The van der Waals surface area contributed by atoms with Crippen molar-refractivity contribution in [2.24, 2.45) is 5.92 Å². The number of amides is 1. The Bertz CT molecular complexity index is 792. The molecule has 1 aromatic heterocycles. The van der Waals surface area contributed by atoms with Crippen LogP contribution in [-0.2, 0) is 11.3 Å². The lowest BCUT2D eigenvalue weighted by atomic mass is 9.94. The highest BCUT2D eigenvalue weighted by Gasteiger charge is 2.26. The lowest BCUT2D eigenvalue weighted by Gasteiger charge is -2.33. The molecule has 0 bridgehead atoms. The van der Waals surface area contributed by atoms with Crippen molar-refractivity contribution in [2.45, 2.75) is 52.2 Å². The van der Waals surface area contributed by atoms with E-state index in [2.05, 4.69) is 4.98 Å². The number of hydrogen-bond acceptors (Lipinski definition) is 3. The van der Waals surface area contributed by atoms with Crippen LogP contribution in [-0.4, -0.2) is 39.2 Å². The molecule has 0 radical (unpaired) electrons. The normalized spacial score (nSPS) is 16.4. The van der Waals surface area contributed by atoms with Crippen molar-refractivity contribution in [1.29, 1.82) is 0 Å². The molecule has 0 atom stereocenters. The molecule has 0 unspecified atom stereocenters. The van der Waals surface area contributed by atoms with Crippen LogP contribution >= 0.6 is 0 Å². The van der Waals surface area contributed by atoms with E-state index in [0.717, 1.165) is 43.4 Å². The van der Waals surface area contributed by atoms with Crippen LogP contribution in [0, 0.1) is 5.92 Å². The molecular formula is C19H27N3O3. The predicted molar refractivity (Wildman–Crippen MR) is 97.7 cm³/mol. The summed E-state index contributed by atoms with van der Waals surface area (Å²) in [6.07, 6.45) is 2.63. The standard InChI is InChI=1S/C19H27N3O3/c1-19(2,3)25-18(24)21-11-8-14(9-12-21)10-13-22-16-7-5-4-6-15(16)20-17(22)23/h4-7,14H,8-13H2,1-3H3,(H,20,23). The quantitative estimate of drug-likeness (QED) is 0.927. The fourth-order valence-electron chi connectivity index (χ4n) is 3.37. The van der Waals surface area contributed by atoms with E-state index < -0.39 is 5.60 Å². The van der Waals surface area contributed by atoms with Gasteiger partial charge in [-0.3, -0.25) is 4.57 Å². The van der Waals surface area contributed by atoms with Crippen molar-refractivity contribution in [3.63, 3.8) is 0 Å². The first-order valence-electron chi connectivity index (χ1n) is 8.99. The number of piperidine rings is 1. The number of carbonyl (C=O) groups excluding carboxylic acids is 1. The first-order valence-corrected chi connectivity index (χ1v) is 8.99. The number of rotatable bonds is 3. The SMILES string of the molecule is CC(C)(C)OC(=O)N1CCC(CCn2c(=O)[nH]c3ccccc32)CC1. The van der Waals surface area contributed by atoms with Crippen LogP contribution in [0.5, 0.6) is 0 Å². The lowest BCUT2D eigenvalue weighted by Crippen LogP contribution is -2.41. The second-order valence-electron chi connectivity index (χ2n) is 7.80. The number of nitrogens with one attached hydrogen (secondary N) is 1. The van der Waals surface area contributed by atoms with Crippen LogP contribution in [0.1, 0.15) is 40.0 Å². The fraction of sp³-hybridized carbons (Fsp3) is 0.579. The van der Waals surface area contributed by atoms with Gasteiger partial charge in [-0.25, -0.2) is 9.59 Å². The molecule has 2 aromatic rings. The topological polar surface area (TPSA) is 67.3 Å². The number of nitrogens with zero attached hydrogens (tertiary/aromatic N) is 2. The van der Waals surface area contributed by atoms with Crippen molar-refractivity contribution in [2.75, 3.05) is 13.1 Å². The van der Waals surface area contributed by atoms with Gasteiger partial charge >= 0.3 is 11.8 Å². The zero-order chi connectivity index (χ0) is 18.0. The van der Waals surface area contributed by atoms with Gasteiger partial charge in [-0.05, 0) is 58.1 Å². The van der Waals surface area contributed by atoms with Crippen LogP contribution in [0.2, 0.25) is 0 Å². The van der Waals surface area contributed by atoms with Gasteiger partial charge in [0.05, 0.1) is 11.0 Å². The lowest BCUT2D eigenvalue weighted by molar-refractivity contribution is 0.0180. The number of hydrogen-bond donors (Lipinski definition) is 1. The number of H-pyrrole nitrogens is 1. The van der Waals surface area contributed by atoms with Crippen molar-refractivity contribution >= 4 is 17.1 Å². The van der Waals surface area contributed by atoms with Gasteiger partial charge in [-0.15, -0.1) is 0 Å². The molecule has 6 nitrogen and oxygen atoms in total. The third kappa shape index (κ3) is 4.24. The minimum absolute atomic E-state index is 0.0487. The van der Waals surface area contributed by atoms with Gasteiger partial charge in [-0.2, -0.15) is 0 Å². The summed E-state index contributed by atoms with van der Waals surface area (Å²) in [4.78, 5) is 28.9. The summed E-state index contributed by atoms with van der Waals surface area (Å²) in [7, 11) is 0. The van der Waals surface area contributed by atoms with Crippen LogP contribution in [0.25, 0.3) is 11.0 Å². The maximum absolute atomic E-state index is 12.1. The van der Waals surface area contributed by atoms with E-state index in [4.69, 9.17) is 4.74 Å². The van der Waals surface area contributed by atoms with Crippen molar-refractivity contribution in [1.82, 2.24) is 14.5 Å². The molecule has 1 N–H and O–H groups in total. The van der Waals surface area contributed by atoms with Crippen molar-refractivity contribution in [3.05, 3.63) is 34.7 Å². The highest BCUT2D eigenvalue weighted by atomic mass is 16.6. The average molecular weight is 345 g/mol. The molecule has 0 saturated carbocycles. The van der Waals surface area contributed by atoms with E-state index in [1.165, 1.54) is 0 Å². The van der Waals surface area contributed by atoms with Gasteiger partial charge in [0, 0.05) is 19.6 Å². The maximum Gasteiger partial charge on any atom is 0.410 e. The van der Waals surface area contributed by atoms with E-state index in [9.17, 15) is 9.59 Å². The summed E-state index contributed by atoms with van der Waals surface area (Å²) < 4.78 is 7.25. The zero-order valence-corrected chi connectivity index (χ0v) is 15.2. The molecule has 6 heteroatoms. The first-order chi connectivity index (χ1) is 11.8. The Morgan fingerprint density at radius 3 is 2.60 bits per heavy atom. The summed E-state index contributed by atoms with van der Waals surface area (Å²) in [5.41, 5.74) is 1.34. The number of aromatic nitrogens is 2. The fourth-order valence-corrected chi connectivity index (χ4v) is 3.37. The molecule has 25 heavy (non-hydrogen) atoms. The summed E-state index contributed by atoms with van der Waals surface area (Å²) in [5.74, 6) is 0.527. The molecule has 136 valence electrons. The number of benzene rings is 1. The largest absolute Gasteiger partial charge is 0.444 e. The molecule has 2 heterocycles. The number of ether oxygens (including phenoxy) is 1. The molecule has 1 aliphatic heterocycles. The Kier molecular flexibility index (Phi) is 4.88. The molecule has 0 aliphatic carbocycles. The van der Waals surface area contributed by atoms with Crippen molar-refractivity contribution in [3.8, 4) is 0 Å². The van der Waals surface area contributed by atoms with E-state index in [1.807, 2.05) is 49.6 Å². The maximum atomic E-state index is 12.1. The van der Waals surface area contributed by atoms with E-state index in [-0.39, 0.29) is 11.8 Å². The van der Waals surface area contributed by atoms with Gasteiger partial charge in [0.2, 0.25) is 0 Å². The number of carbonyl (C=O) groups is 1. The molecule has 1 aliphatic rings. The van der Waals surface area contributed by atoms with Crippen molar-refractivity contribution < 1.29 is 9.53 Å². The van der Waals surface area contributed by atoms with Gasteiger partial charge in [0.25, 0.3) is 0 Å². The average Bonchev–Trinajstić information content (AvgIpc) is 2.87. The molecule has 1 amide bonds. The third-order valence-corrected chi connectivity index (χ3v) is 4.71. The molecule has 0 spiro atoms. The number of aromatic amines is 1. The zero-order valence-electron chi connectivity index (χ0n) is 15.2. The molecule has 1 fully saturated rings. The number of para-hydroxylation sites is 2. The predicted octanol–water partition coefficient (Wildman–Crippen LogP) is 3.37. The minimum Gasteiger partial charge on any atom is -0.444 e. The Morgan fingerprint density at radius 1 is 1.24 bits per heavy atom. The van der Waals surface area contributed by atoms with Gasteiger partial charge in [0.15, 0.2) is 0 Å². The Labute approximate surface area is 147 Å².